The molecule has 0 unspecified atom stereocenters. The van der Waals surface area contributed by atoms with E-state index >= 15 is 0 Å². The van der Waals surface area contributed by atoms with Crippen LogP contribution < -0.4 is 5.32 Å². The van der Waals surface area contributed by atoms with Gasteiger partial charge in [-0.15, -0.1) is 0 Å². The Balaban J connectivity index is 2.13. The van der Waals surface area contributed by atoms with Crippen LogP contribution in [0.5, 0.6) is 0 Å². The molecule has 0 aromatic heterocycles. The summed E-state index contributed by atoms with van der Waals surface area (Å²) in [6.07, 6.45) is 0.658. The molecule has 0 radical (unpaired) electrons. The van der Waals surface area contributed by atoms with Gasteiger partial charge in [0.05, 0.1) is 24.3 Å². The molecule has 7 nitrogen and oxygen atoms in total. The van der Waals surface area contributed by atoms with Gasteiger partial charge in [-0.2, -0.15) is 5.26 Å². The molecule has 0 saturated heterocycles. The maximum atomic E-state index is 12.6. The average Bonchev–Trinajstić information content (AvgIpc) is 2.79. The number of amides is 1. The Morgan fingerprint density at radius 1 is 1.07 bits per heavy atom. The summed E-state index contributed by atoms with van der Waals surface area (Å²) in [5, 5.41) is 11.9. The van der Waals surface area contributed by atoms with E-state index in [0.717, 1.165) is 0 Å². The fourth-order valence-corrected chi connectivity index (χ4v) is 2.93. The van der Waals surface area contributed by atoms with Crippen LogP contribution in [0.25, 0.3) is 11.1 Å². The summed E-state index contributed by atoms with van der Waals surface area (Å²) in [5.74, 6) is -2.00. The van der Waals surface area contributed by atoms with Crippen molar-refractivity contribution in [1.82, 2.24) is 5.32 Å². The van der Waals surface area contributed by atoms with Crippen molar-refractivity contribution in [3.8, 4) is 17.2 Å². The van der Waals surface area contributed by atoms with E-state index < -0.39 is 30.5 Å². The Morgan fingerprint density at radius 2 is 1.70 bits per heavy atom. The summed E-state index contributed by atoms with van der Waals surface area (Å²) >= 11 is 0. The van der Waals surface area contributed by atoms with Gasteiger partial charge in [0.25, 0.3) is 5.91 Å². The van der Waals surface area contributed by atoms with Gasteiger partial charge < -0.3 is 14.8 Å². The highest BCUT2D eigenvalue weighted by Gasteiger charge is 2.27. The molecule has 156 valence electrons. The third-order valence-corrected chi connectivity index (χ3v) is 4.80. The Hall–Kier alpha value is -3.66. The van der Waals surface area contributed by atoms with E-state index in [1.807, 2.05) is 13.8 Å². The Morgan fingerprint density at radius 3 is 2.33 bits per heavy atom. The molecule has 0 spiro atoms. The zero-order valence-corrected chi connectivity index (χ0v) is 17.2. The Kier molecular flexibility index (Phi) is 8.12. The number of carbonyl (C=O) groups excluding carboxylic acids is 3. The maximum Gasteiger partial charge on any atom is 0.339 e. The van der Waals surface area contributed by atoms with E-state index in [2.05, 4.69) is 11.4 Å². The highest BCUT2D eigenvalue weighted by molar-refractivity contribution is 5.99. The number of ether oxygens (including phenoxy) is 2. The maximum absolute atomic E-state index is 12.6. The summed E-state index contributed by atoms with van der Waals surface area (Å²) in [7, 11) is 1.25. The Labute approximate surface area is 175 Å². The number of benzene rings is 2. The van der Waals surface area contributed by atoms with Gasteiger partial charge in [-0.1, -0.05) is 56.7 Å². The van der Waals surface area contributed by atoms with Crippen LogP contribution in [-0.4, -0.2) is 37.6 Å². The number of hydrogen-bond donors (Lipinski definition) is 1. The van der Waals surface area contributed by atoms with E-state index in [-0.39, 0.29) is 11.5 Å². The fourth-order valence-electron chi connectivity index (χ4n) is 2.93. The minimum Gasteiger partial charge on any atom is -0.467 e. The molecule has 1 amide bonds. The normalized spacial score (nSPS) is 12.2. The number of nitrogens with zero attached hydrogens (tertiary/aromatic N) is 1. The van der Waals surface area contributed by atoms with E-state index in [0.29, 0.717) is 23.1 Å². The molecule has 2 rings (SSSR count). The van der Waals surface area contributed by atoms with Crippen molar-refractivity contribution >= 4 is 17.8 Å². The van der Waals surface area contributed by atoms with Gasteiger partial charge in [-0.05, 0) is 23.6 Å². The van der Waals surface area contributed by atoms with Crippen molar-refractivity contribution in [2.45, 2.75) is 26.3 Å². The van der Waals surface area contributed by atoms with E-state index in [9.17, 15) is 19.6 Å². The lowest BCUT2D eigenvalue weighted by Gasteiger charge is -2.21. The van der Waals surface area contributed by atoms with E-state index in [4.69, 9.17) is 9.47 Å². The summed E-state index contributed by atoms with van der Waals surface area (Å²) in [4.78, 5) is 36.8. The molecule has 0 saturated carbocycles. The first-order valence-corrected chi connectivity index (χ1v) is 9.55. The lowest BCUT2D eigenvalue weighted by Crippen LogP contribution is -2.47. The third kappa shape index (κ3) is 5.45. The van der Waals surface area contributed by atoms with Crippen LogP contribution in [0.4, 0.5) is 0 Å². The first-order chi connectivity index (χ1) is 14.4. The van der Waals surface area contributed by atoms with Crippen LogP contribution >= 0.6 is 0 Å². The summed E-state index contributed by atoms with van der Waals surface area (Å²) in [6.45, 7) is 3.16. The number of carbonyl (C=O) groups is 3. The van der Waals surface area contributed by atoms with Crippen LogP contribution in [0, 0.1) is 17.2 Å². The van der Waals surface area contributed by atoms with E-state index in [1.54, 1.807) is 48.5 Å². The average molecular weight is 408 g/mol. The van der Waals surface area contributed by atoms with Gasteiger partial charge in [0.15, 0.2) is 6.61 Å². The second-order valence-corrected chi connectivity index (χ2v) is 6.73. The molecule has 7 heteroatoms. The molecule has 0 aliphatic rings. The SMILES string of the molecule is CC[C@@H](C)[C@@H](NC(=O)COC(=O)c1ccccc1-c1ccccc1C#N)C(=O)OC. The van der Waals surface area contributed by atoms with Crippen molar-refractivity contribution in [1.29, 1.82) is 5.26 Å². The predicted octanol–water partition coefficient (Wildman–Crippen LogP) is 3.09. The quantitative estimate of drug-likeness (QED) is 0.673. The van der Waals surface area contributed by atoms with Crippen LogP contribution in [0.3, 0.4) is 0 Å². The lowest BCUT2D eigenvalue weighted by atomic mass is 9.96. The van der Waals surface area contributed by atoms with Gasteiger partial charge in [-0.3, -0.25) is 4.79 Å². The first-order valence-electron chi connectivity index (χ1n) is 9.55. The summed E-state index contributed by atoms with van der Waals surface area (Å²) < 4.78 is 9.90. The molecule has 0 aliphatic heterocycles. The van der Waals surface area contributed by atoms with Crippen LogP contribution in [0.15, 0.2) is 48.5 Å². The zero-order valence-electron chi connectivity index (χ0n) is 17.2. The number of hydrogen-bond acceptors (Lipinski definition) is 6. The standard InChI is InChI=1S/C23H24N2O5/c1-4-15(2)21(23(28)29-3)25-20(26)14-30-22(27)19-12-8-7-11-18(19)17-10-6-5-9-16(17)13-24/h5-12,15,21H,4,14H2,1-3H3,(H,25,26)/t15-,21-/m1/s1. The number of methoxy groups -OCH3 is 1. The molecule has 0 bridgehead atoms. The van der Waals surface area contributed by atoms with Crippen molar-refractivity contribution in [3.63, 3.8) is 0 Å². The lowest BCUT2D eigenvalue weighted by molar-refractivity contribution is -0.147. The molecule has 2 aromatic rings. The Bertz CT molecular complexity index is 964. The highest BCUT2D eigenvalue weighted by atomic mass is 16.5. The molecule has 1 N–H and O–H groups in total. The van der Waals surface area contributed by atoms with Gasteiger partial charge in [0.1, 0.15) is 6.04 Å². The monoisotopic (exact) mass is 408 g/mol. The topological polar surface area (TPSA) is 105 Å². The summed E-state index contributed by atoms with van der Waals surface area (Å²) in [5.41, 5.74) is 1.79. The smallest absolute Gasteiger partial charge is 0.339 e. The summed E-state index contributed by atoms with van der Waals surface area (Å²) in [6, 6.07) is 14.9. The van der Waals surface area contributed by atoms with Gasteiger partial charge in [-0.25, -0.2) is 9.59 Å². The number of esters is 2. The second-order valence-electron chi connectivity index (χ2n) is 6.73. The first kappa shape index (κ1) is 22.6. The molecular formula is C23H24N2O5. The molecular weight excluding hydrogens is 384 g/mol. The largest absolute Gasteiger partial charge is 0.467 e. The van der Waals surface area contributed by atoms with Crippen LogP contribution in [0.1, 0.15) is 36.2 Å². The van der Waals surface area contributed by atoms with Crippen molar-refractivity contribution < 1.29 is 23.9 Å². The molecule has 0 fully saturated rings. The number of rotatable bonds is 8. The fraction of sp³-hybridized carbons (Fsp3) is 0.304. The van der Waals surface area contributed by atoms with E-state index in [1.165, 1.54) is 7.11 Å². The number of nitrogens with one attached hydrogen (secondary N) is 1. The van der Waals surface area contributed by atoms with Gasteiger partial charge in [0.2, 0.25) is 0 Å². The minimum atomic E-state index is -0.819. The molecule has 2 aromatic carbocycles. The molecule has 0 heterocycles. The van der Waals surface area contributed by atoms with Crippen molar-refractivity contribution in [2.24, 2.45) is 5.92 Å². The predicted molar refractivity (Wildman–Crippen MR) is 110 cm³/mol. The van der Waals surface area contributed by atoms with Crippen LogP contribution in [-0.2, 0) is 19.1 Å². The number of nitriles is 1. The zero-order chi connectivity index (χ0) is 22.1. The van der Waals surface area contributed by atoms with Gasteiger partial charge in [0, 0.05) is 5.56 Å². The van der Waals surface area contributed by atoms with Crippen molar-refractivity contribution in [2.75, 3.05) is 13.7 Å². The minimum absolute atomic E-state index is 0.139. The van der Waals surface area contributed by atoms with Crippen molar-refractivity contribution in [3.05, 3.63) is 59.7 Å². The molecule has 2 atom stereocenters. The third-order valence-electron chi connectivity index (χ3n) is 4.80. The van der Waals surface area contributed by atoms with Gasteiger partial charge >= 0.3 is 11.9 Å². The molecule has 0 aliphatic carbocycles. The second kappa shape index (κ2) is 10.8. The highest BCUT2D eigenvalue weighted by Crippen LogP contribution is 2.27. The van der Waals surface area contributed by atoms with Crippen LogP contribution in [0.2, 0.25) is 0 Å². The molecule has 30 heavy (non-hydrogen) atoms.